The number of carbonyl (C=O) groups excluding carboxylic acids is 1. The van der Waals surface area contributed by atoms with Gasteiger partial charge in [0.05, 0.1) is 19.0 Å². The van der Waals surface area contributed by atoms with Crippen LogP contribution in [-0.2, 0) is 11.2 Å². The Labute approximate surface area is 147 Å². The molecule has 3 N–H and O–H groups in total. The molecule has 0 spiro atoms. The fourth-order valence-corrected chi connectivity index (χ4v) is 3.26. The zero-order valence-corrected chi connectivity index (χ0v) is 14.2. The molecular formula is C19H22BNO4. The molecule has 130 valence electrons. The van der Waals surface area contributed by atoms with Gasteiger partial charge in [0, 0.05) is 11.5 Å². The van der Waals surface area contributed by atoms with Crippen molar-refractivity contribution in [2.45, 2.75) is 31.6 Å². The van der Waals surface area contributed by atoms with E-state index in [0.717, 1.165) is 22.4 Å². The molecule has 5 nitrogen and oxygen atoms in total. The number of nitrogens with one attached hydrogen (secondary N) is 1. The van der Waals surface area contributed by atoms with Crippen molar-refractivity contribution in [2.75, 3.05) is 6.61 Å². The molecule has 0 aliphatic carbocycles. The van der Waals surface area contributed by atoms with Gasteiger partial charge in [0.1, 0.15) is 5.75 Å². The minimum atomic E-state index is -1.62. The lowest BCUT2D eigenvalue weighted by Crippen LogP contribution is -2.47. The van der Waals surface area contributed by atoms with Crippen molar-refractivity contribution < 1.29 is 19.6 Å². The van der Waals surface area contributed by atoms with E-state index in [1.807, 2.05) is 55.5 Å². The van der Waals surface area contributed by atoms with E-state index >= 15 is 0 Å². The zero-order valence-electron chi connectivity index (χ0n) is 14.2. The van der Waals surface area contributed by atoms with Gasteiger partial charge in [-0.1, -0.05) is 48.5 Å². The molecule has 1 heterocycles. The van der Waals surface area contributed by atoms with Gasteiger partial charge in [-0.2, -0.15) is 0 Å². The summed E-state index contributed by atoms with van der Waals surface area (Å²) in [6, 6.07) is 15.3. The van der Waals surface area contributed by atoms with Crippen LogP contribution in [0, 0.1) is 6.92 Å². The number of amides is 1. The Morgan fingerprint density at radius 1 is 1.24 bits per heavy atom. The van der Waals surface area contributed by atoms with Crippen LogP contribution in [0.2, 0.25) is 0 Å². The lowest BCUT2D eigenvalue weighted by Gasteiger charge is -2.21. The van der Waals surface area contributed by atoms with Gasteiger partial charge in [-0.3, -0.25) is 4.79 Å². The molecule has 1 aliphatic rings. The standard InChI is InChI=1S/C19H22BNO4/c1-13-6-5-9-16-15(12-25-19(13)16)11-17(20(23)24)21-18(22)10-14-7-3-2-4-8-14/h2-9,15,17,23-24H,10-12H2,1H3,(H,21,22)/t15?,17-/m0/s1. The maximum absolute atomic E-state index is 12.2. The fraction of sp³-hybridized carbons (Fsp3) is 0.316. The third-order valence-corrected chi connectivity index (χ3v) is 4.56. The van der Waals surface area contributed by atoms with Crippen molar-refractivity contribution in [3.8, 4) is 5.75 Å². The number of ether oxygens (including phenoxy) is 1. The summed E-state index contributed by atoms with van der Waals surface area (Å²) in [4.78, 5) is 12.2. The van der Waals surface area contributed by atoms with Gasteiger partial charge in [-0.25, -0.2) is 0 Å². The lowest BCUT2D eigenvalue weighted by atomic mass is 9.73. The van der Waals surface area contributed by atoms with Crippen LogP contribution in [0.15, 0.2) is 48.5 Å². The molecule has 1 aliphatic heterocycles. The van der Waals surface area contributed by atoms with Gasteiger partial charge in [-0.05, 0) is 24.5 Å². The van der Waals surface area contributed by atoms with E-state index in [0.29, 0.717) is 13.0 Å². The molecule has 0 saturated carbocycles. The predicted molar refractivity (Wildman–Crippen MR) is 96.3 cm³/mol. The average Bonchev–Trinajstić information content (AvgIpc) is 2.99. The summed E-state index contributed by atoms with van der Waals surface area (Å²) in [5.41, 5.74) is 3.01. The normalized spacial score (nSPS) is 16.7. The summed E-state index contributed by atoms with van der Waals surface area (Å²) in [7, 11) is -1.62. The van der Waals surface area contributed by atoms with Crippen molar-refractivity contribution in [1.82, 2.24) is 5.32 Å². The molecule has 0 radical (unpaired) electrons. The molecule has 6 heteroatoms. The van der Waals surface area contributed by atoms with Gasteiger partial charge in [-0.15, -0.1) is 0 Å². The Balaban J connectivity index is 1.65. The maximum atomic E-state index is 12.2. The quantitative estimate of drug-likeness (QED) is 0.699. The van der Waals surface area contributed by atoms with E-state index in [-0.39, 0.29) is 18.2 Å². The second-order valence-electron chi connectivity index (χ2n) is 6.49. The Bertz CT molecular complexity index is 735. The van der Waals surface area contributed by atoms with E-state index in [2.05, 4.69) is 5.32 Å². The minimum Gasteiger partial charge on any atom is -0.492 e. The highest BCUT2D eigenvalue weighted by molar-refractivity contribution is 6.43. The topological polar surface area (TPSA) is 78.8 Å². The molecule has 0 saturated heterocycles. The van der Waals surface area contributed by atoms with Crippen LogP contribution in [0.3, 0.4) is 0 Å². The minimum absolute atomic E-state index is 0.0266. The second-order valence-corrected chi connectivity index (χ2v) is 6.49. The monoisotopic (exact) mass is 339 g/mol. The third kappa shape index (κ3) is 4.21. The first-order valence-corrected chi connectivity index (χ1v) is 8.46. The molecule has 2 aromatic carbocycles. The second kappa shape index (κ2) is 7.72. The summed E-state index contributed by atoms with van der Waals surface area (Å²) in [5.74, 6) is -0.0722. The predicted octanol–water partition coefficient (Wildman–Crippen LogP) is 1.60. The molecule has 1 unspecified atom stereocenters. The molecule has 2 atom stereocenters. The van der Waals surface area contributed by atoms with Crippen LogP contribution >= 0.6 is 0 Å². The molecule has 2 aromatic rings. The Kier molecular flexibility index (Phi) is 5.41. The molecule has 0 fully saturated rings. The van der Waals surface area contributed by atoms with Crippen molar-refractivity contribution >= 4 is 13.0 Å². The molecule has 1 amide bonds. The van der Waals surface area contributed by atoms with E-state index in [1.54, 1.807) is 0 Å². The highest BCUT2D eigenvalue weighted by atomic mass is 16.5. The van der Waals surface area contributed by atoms with Crippen molar-refractivity contribution in [3.63, 3.8) is 0 Å². The Hall–Kier alpha value is -2.31. The first-order chi connectivity index (χ1) is 12.0. The number of rotatable bonds is 6. The van der Waals surface area contributed by atoms with E-state index < -0.39 is 13.1 Å². The molecular weight excluding hydrogens is 317 g/mol. The van der Waals surface area contributed by atoms with E-state index in [1.165, 1.54) is 0 Å². The van der Waals surface area contributed by atoms with Crippen LogP contribution in [0.4, 0.5) is 0 Å². The van der Waals surface area contributed by atoms with Crippen molar-refractivity contribution in [3.05, 3.63) is 65.2 Å². The van der Waals surface area contributed by atoms with Crippen LogP contribution in [0.25, 0.3) is 0 Å². The molecule has 25 heavy (non-hydrogen) atoms. The average molecular weight is 339 g/mol. The molecule has 0 bridgehead atoms. The van der Waals surface area contributed by atoms with Crippen molar-refractivity contribution in [2.24, 2.45) is 0 Å². The number of hydrogen-bond donors (Lipinski definition) is 3. The zero-order chi connectivity index (χ0) is 17.8. The van der Waals surface area contributed by atoms with Gasteiger partial charge in [0.2, 0.25) is 5.91 Å². The van der Waals surface area contributed by atoms with Crippen molar-refractivity contribution in [1.29, 1.82) is 0 Å². The summed E-state index contributed by atoms with van der Waals surface area (Å²) < 4.78 is 5.75. The molecule has 0 aromatic heterocycles. The van der Waals surface area contributed by atoms with Gasteiger partial charge in [0.15, 0.2) is 0 Å². The number of hydrogen-bond acceptors (Lipinski definition) is 4. The fourth-order valence-electron chi connectivity index (χ4n) is 3.26. The lowest BCUT2D eigenvalue weighted by molar-refractivity contribution is -0.120. The summed E-state index contributed by atoms with van der Waals surface area (Å²) >= 11 is 0. The SMILES string of the molecule is Cc1cccc2c1OCC2C[C@H](NC(=O)Cc1ccccc1)B(O)O. The number of carbonyl (C=O) groups is 1. The number of para-hydroxylation sites is 1. The smallest absolute Gasteiger partial charge is 0.475 e. The van der Waals surface area contributed by atoms with Gasteiger partial charge < -0.3 is 20.1 Å². The Morgan fingerprint density at radius 3 is 2.72 bits per heavy atom. The van der Waals surface area contributed by atoms with Crippen LogP contribution in [-0.4, -0.2) is 35.6 Å². The highest BCUT2D eigenvalue weighted by Gasteiger charge is 2.33. The summed E-state index contributed by atoms with van der Waals surface area (Å²) in [6.07, 6.45) is 0.621. The summed E-state index contributed by atoms with van der Waals surface area (Å²) in [5, 5.41) is 22.1. The number of benzene rings is 2. The third-order valence-electron chi connectivity index (χ3n) is 4.56. The van der Waals surface area contributed by atoms with Gasteiger partial charge in [0.25, 0.3) is 0 Å². The maximum Gasteiger partial charge on any atom is 0.475 e. The van der Waals surface area contributed by atoms with E-state index in [4.69, 9.17) is 4.74 Å². The first kappa shape index (κ1) is 17.5. The first-order valence-electron chi connectivity index (χ1n) is 8.46. The highest BCUT2D eigenvalue weighted by Crippen LogP contribution is 2.38. The largest absolute Gasteiger partial charge is 0.492 e. The van der Waals surface area contributed by atoms with Crippen LogP contribution < -0.4 is 10.1 Å². The van der Waals surface area contributed by atoms with E-state index in [9.17, 15) is 14.8 Å². The van der Waals surface area contributed by atoms with Crippen LogP contribution in [0.5, 0.6) is 5.75 Å². The Morgan fingerprint density at radius 2 is 2.00 bits per heavy atom. The number of fused-ring (bicyclic) bond motifs is 1. The molecule has 3 rings (SSSR count). The van der Waals surface area contributed by atoms with Crippen LogP contribution in [0.1, 0.15) is 29.0 Å². The number of aryl methyl sites for hydroxylation is 1. The van der Waals surface area contributed by atoms with Gasteiger partial charge >= 0.3 is 7.12 Å². The summed E-state index contributed by atoms with van der Waals surface area (Å²) in [6.45, 7) is 2.47.